The summed E-state index contributed by atoms with van der Waals surface area (Å²) >= 11 is 1.65. The number of Topliss-reactive ketones (excluding diaryl/α,β-unsaturated/α-hetero) is 1. The van der Waals surface area contributed by atoms with Crippen molar-refractivity contribution in [3.63, 3.8) is 0 Å². The number of carboxylic acids is 2. The number of carbonyl (C=O) groups is 4. The van der Waals surface area contributed by atoms with Crippen molar-refractivity contribution in [2.45, 2.75) is 42.9 Å². The van der Waals surface area contributed by atoms with Gasteiger partial charge in [-0.1, -0.05) is 23.9 Å². The Balaban J connectivity index is 0.000000579. The first-order valence-corrected chi connectivity index (χ1v) is 16.5. The Kier molecular flexibility index (Phi) is 13.2. The molecule has 10 nitrogen and oxygen atoms in total. The van der Waals surface area contributed by atoms with Crippen LogP contribution < -0.4 is 14.4 Å². The van der Waals surface area contributed by atoms with Gasteiger partial charge >= 0.3 is 11.9 Å². The standard InChI is InChI=1S/C32H35FN2O4S.C4H4O4/c1-22(36)35-28-7-3-4-8-30(28)40-32(35)27-21-26(38-2)13-14-29(27)39-20-6-5-17-34-18-15-24(16-19-34)31(37)23-9-11-25(33)12-10-23;5-3(6)1-2-4(7)8/h3-4,7-14,21,24,32H,5-6,15-20H2,1-2H3;1-2H,(H,5,6)(H,7,8). The van der Waals surface area contributed by atoms with Crippen molar-refractivity contribution in [2.75, 3.05) is 38.3 Å². The number of para-hydroxylation sites is 1. The first-order valence-electron chi connectivity index (χ1n) is 15.6. The van der Waals surface area contributed by atoms with Gasteiger partial charge < -0.3 is 24.6 Å². The topological polar surface area (TPSA) is 134 Å². The van der Waals surface area contributed by atoms with E-state index >= 15 is 0 Å². The van der Waals surface area contributed by atoms with Crippen LogP contribution in [0, 0.1) is 11.7 Å². The maximum Gasteiger partial charge on any atom is 0.328 e. The summed E-state index contributed by atoms with van der Waals surface area (Å²) in [4.78, 5) is 49.8. The van der Waals surface area contributed by atoms with Gasteiger partial charge in [-0.15, -0.1) is 0 Å². The van der Waals surface area contributed by atoms with Crippen molar-refractivity contribution in [2.24, 2.45) is 5.92 Å². The highest BCUT2D eigenvalue weighted by molar-refractivity contribution is 8.00. The molecule has 1 saturated heterocycles. The van der Waals surface area contributed by atoms with Crippen molar-refractivity contribution in [3.05, 3.63) is 95.8 Å². The van der Waals surface area contributed by atoms with E-state index in [2.05, 4.69) is 4.90 Å². The van der Waals surface area contributed by atoms with E-state index in [1.807, 2.05) is 47.4 Å². The van der Waals surface area contributed by atoms with Crippen molar-refractivity contribution >= 4 is 41.1 Å². The Bertz CT molecular complexity index is 1610. The van der Waals surface area contributed by atoms with Crippen LogP contribution in [0.3, 0.4) is 0 Å². The minimum Gasteiger partial charge on any atom is -0.497 e. The number of hydrogen-bond acceptors (Lipinski definition) is 8. The van der Waals surface area contributed by atoms with E-state index in [1.54, 1.807) is 37.9 Å². The number of hydrogen-bond donors (Lipinski definition) is 2. The van der Waals surface area contributed by atoms with Gasteiger partial charge in [0.05, 0.1) is 19.4 Å². The lowest BCUT2D eigenvalue weighted by Gasteiger charge is -2.31. The molecule has 1 unspecified atom stereocenters. The fraction of sp³-hybridized carbons (Fsp3) is 0.333. The van der Waals surface area contributed by atoms with Gasteiger partial charge in [0, 0.05) is 41.0 Å². The minimum absolute atomic E-state index is 0.00713. The number of ketones is 1. The highest BCUT2D eigenvalue weighted by atomic mass is 32.2. The van der Waals surface area contributed by atoms with Gasteiger partial charge in [0.2, 0.25) is 5.91 Å². The molecule has 5 rings (SSSR count). The lowest BCUT2D eigenvalue weighted by atomic mass is 9.89. The first kappa shape index (κ1) is 36.2. The number of methoxy groups -OCH3 is 1. The summed E-state index contributed by atoms with van der Waals surface area (Å²) in [5, 5.41) is 15.4. The van der Waals surface area contributed by atoms with Gasteiger partial charge in [0.15, 0.2) is 5.78 Å². The second kappa shape index (κ2) is 17.5. The summed E-state index contributed by atoms with van der Waals surface area (Å²) in [5.41, 5.74) is 2.44. The third-order valence-electron chi connectivity index (χ3n) is 8.00. The average molecular weight is 679 g/mol. The normalized spacial score (nSPS) is 16.1. The Hall–Kier alpha value is -4.68. The molecule has 2 aliphatic heterocycles. The fourth-order valence-electron chi connectivity index (χ4n) is 5.60. The van der Waals surface area contributed by atoms with E-state index in [0.29, 0.717) is 24.3 Å². The Labute approximate surface area is 283 Å². The SMILES string of the molecule is COc1ccc(OCCCCN2CCC(C(=O)c3ccc(F)cc3)CC2)c(C2Sc3ccccc3N2C(C)=O)c1.O=C(O)C=CC(=O)O. The van der Waals surface area contributed by atoms with Crippen molar-refractivity contribution in [1.29, 1.82) is 0 Å². The number of amides is 1. The molecular formula is C36H39FN2O8S. The van der Waals surface area contributed by atoms with E-state index in [1.165, 1.54) is 12.1 Å². The largest absolute Gasteiger partial charge is 0.497 e. The summed E-state index contributed by atoms with van der Waals surface area (Å²) in [7, 11) is 1.64. The van der Waals surface area contributed by atoms with E-state index in [4.69, 9.17) is 19.7 Å². The highest BCUT2D eigenvalue weighted by Gasteiger charge is 2.36. The lowest BCUT2D eigenvalue weighted by Crippen LogP contribution is -2.37. The third kappa shape index (κ3) is 9.91. The number of likely N-dealkylation sites (tertiary alicyclic amines) is 1. The van der Waals surface area contributed by atoms with E-state index < -0.39 is 11.9 Å². The van der Waals surface area contributed by atoms with Crippen LogP contribution in [0.5, 0.6) is 11.5 Å². The number of fused-ring (bicyclic) bond motifs is 1. The van der Waals surface area contributed by atoms with Crippen LogP contribution in [0.15, 0.2) is 83.8 Å². The second-order valence-corrected chi connectivity index (χ2v) is 12.4. The molecule has 0 spiro atoms. The number of thioether (sulfide) groups is 1. The Morgan fingerprint density at radius 2 is 1.60 bits per heavy atom. The molecule has 0 aromatic heterocycles. The number of halogens is 1. The molecule has 12 heteroatoms. The molecule has 0 saturated carbocycles. The molecule has 0 radical (unpaired) electrons. The Morgan fingerprint density at radius 3 is 2.23 bits per heavy atom. The van der Waals surface area contributed by atoms with Crippen LogP contribution >= 0.6 is 11.8 Å². The molecule has 0 bridgehead atoms. The smallest absolute Gasteiger partial charge is 0.328 e. The fourth-order valence-corrected chi connectivity index (χ4v) is 6.96. The number of unbranched alkanes of at least 4 members (excludes halogenated alkanes) is 1. The van der Waals surface area contributed by atoms with Gasteiger partial charge in [-0.05, 0) is 99.9 Å². The molecule has 2 N–H and O–H groups in total. The van der Waals surface area contributed by atoms with E-state index in [-0.39, 0.29) is 28.8 Å². The molecule has 2 aliphatic rings. The lowest BCUT2D eigenvalue weighted by molar-refractivity contribution is -0.134. The van der Waals surface area contributed by atoms with Crippen LogP contribution in [-0.2, 0) is 14.4 Å². The maximum atomic E-state index is 13.2. The molecule has 0 aliphatic carbocycles. The third-order valence-corrected chi connectivity index (χ3v) is 9.29. The van der Waals surface area contributed by atoms with E-state index in [0.717, 1.165) is 73.0 Å². The monoisotopic (exact) mass is 678 g/mol. The average Bonchev–Trinajstić information content (AvgIpc) is 3.48. The summed E-state index contributed by atoms with van der Waals surface area (Å²) in [6.07, 6.45) is 4.66. The molecule has 254 valence electrons. The summed E-state index contributed by atoms with van der Waals surface area (Å²) in [6.45, 7) is 4.91. The number of benzene rings is 3. The predicted molar refractivity (Wildman–Crippen MR) is 180 cm³/mol. The number of carbonyl (C=O) groups excluding carboxylic acids is 2. The van der Waals surface area contributed by atoms with Crippen molar-refractivity contribution < 1.29 is 43.3 Å². The molecule has 1 amide bonds. The molecule has 1 atom stereocenters. The number of aliphatic carboxylic acids is 2. The second-order valence-electron chi connectivity index (χ2n) is 11.3. The van der Waals surface area contributed by atoms with Crippen LogP contribution in [0.2, 0.25) is 0 Å². The van der Waals surface area contributed by atoms with Gasteiger partial charge in [-0.25, -0.2) is 14.0 Å². The summed E-state index contributed by atoms with van der Waals surface area (Å²) in [6, 6.07) is 19.6. The van der Waals surface area contributed by atoms with Crippen molar-refractivity contribution in [3.8, 4) is 11.5 Å². The molecule has 3 aromatic rings. The van der Waals surface area contributed by atoms with Gasteiger partial charge in [-0.2, -0.15) is 0 Å². The highest BCUT2D eigenvalue weighted by Crippen LogP contribution is 2.53. The van der Waals surface area contributed by atoms with Crippen LogP contribution in [0.1, 0.15) is 53.9 Å². The number of nitrogens with zero attached hydrogens (tertiary/aromatic N) is 2. The number of piperidine rings is 1. The predicted octanol–water partition coefficient (Wildman–Crippen LogP) is 6.46. The number of ether oxygens (including phenoxy) is 2. The van der Waals surface area contributed by atoms with Crippen molar-refractivity contribution in [1.82, 2.24) is 4.90 Å². The number of anilines is 1. The summed E-state index contributed by atoms with van der Waals surface area (Å²) in [5.74, 6) is -1.23. The zero-order valence-corrected chi connectivity index (χ0v) is 27.7. The zero-order valence-electron chi connectivity index (χ0n) is 26.8. The van der Waals surface area contributed by atoms with Crippen LogP contribution in [0.4, 0.5) is 10.1 Å². The quantitative estimate of drug-likeness (QED) is 0.125. The van der Waals surface area contributed by atoms with E-state index in [9.17, 15) is 23.6 Å². The zero-order chi connectivity index (χ0) is 34.6. The minimum atomic E-state index is -1.26. The van der Waals surface area contributed by atoms with Gasteiger partial charge in [0.1, 0.15) is 22.7 Å². The first-order chi connectivity index (χ1) is 23.1. The molecule has 48 heavy (non-hydrogen) atoms. The molecule has 2 heterocycles. The van der Waals surface area contributed by atoms with Crippen LogP contribution in [0.25, 0.3) is 0 Å². The number of rotatable bonds is 12. The summed E-state index contributed by atoms with van der Waals surface area (Å²) < 4.78 is 25.0. The van der Waals surface area contributed by atoms with Crippen LogP contribution in [-0.4, -0.2) is 72.1 Å². The Morgan fingerprint density at radius 1 is 0.938 bits per heavy atom. The maximum absolute atomic E-state index is 13.2. The van der Waals surface area contributed by atoms with Gasteiger partial charge in [-0.3, -0.25) is 14.5 Å². The molecular weight excluding hydrogens is 639 g/mol. The number of carboxylic acid groups (broad SMARTS) is 2. The molecule has 1 fully saturated rings. The van der Waals surface area contributed by atoms with Gasteiger partial charge in [0.25, 0.3) is 0 Å². The molecule has 3 aromatic carbocycles.